The van der Waals surface area contributed by atoms with Gasteiger partial charge in [-0.3, -0.25) is 0 Å². The maximum atomic E-state index is 12.1. The standard InChI is InChI=1S/C20H24O4/c1-6-7-8-14-12-18(24-20(14)21)19-15(11-13(2)3)16(22-4)9-10-17(19)23-5/h6,9-10,12,18H,1-2,7-8,11H2,3-5H3. The molecule has 0 N–H and O–H groups in total. The Hall–Kier alpha value is -2.49. The fourth-order valence-electron chi connectivity index (χ4n) is 2.85. The Bertz CT molecular complexity index is 685. The molecule has 4 nitrogen and oxygen atoms in total. The minimum absolute atomic E-state index is 0.284. The smallest absolute Gasteiger partial charge is 0.334 e. The largest absolute Gasteiger partial charge is 0.496 e. The molecule has 0 spiro atoms. The van der Waals surface area contributed by atoms with Crippen molar-refractivity contribution in [3.8, 4) is 11.5 Å². The van der Waals surface area contributed by atoms with Gasteiger partial charge >= 0.3 is 5.97 Å². The van der Waals surface area contributed by atoms with E-state index in [9.17, 15) is 4.79 Å². The van der Waals surface area contributed by atoms with Crippen LogP contribution in [0.5, 0.6) is 11.5 Å². The van der Waals surface area contributed by atoms with E-state index in [4.69, 9.17) is 14.2 Å². The van der Waals surface area contributed by atoms with Gasteiger partial charge in [0.05, 0.1) is 14.2 Å². The van der Waals surface area contributed by atoms with E-state index in [1.807, 2.05) is 25.1 Å². The number of benzene rings is 1. The Balaban J connectivity index is 2.51. The zero-order valence-electron chi connectivity index (χ0n) is 14.6. The molecule has 0 fully saturated rings. The third-order valence-electron chi connectivity index (χ3n) is 3.94. The molecule has 4 heteroatoms. The first kappa shape index (κ1) is 17.9. The van der Waals surface area contributed by atoms with Crippen molar-refractivity contribution in [2.75, 3.05) is 14.2 Å². The van der Waals surface area contributed by atoms with Gasteiger partial charge in [-0.15, -0.1) is 6.58 Å². The summed E-state index contributed by atoms with van der Waals surface area (Å²) in [6.45, 7) is 9.64. The molecular formula is C20H24O4. The van der Waals surface area contributed by atoms with Crippen LogP contribution in [0, 0.1) is 0 Å². The lowest BCUT2D eigenvalue weighted by Crippen LogP contribution is -2.08. The fraction of sp³-hybridized carbons (Fsp3) is 0.350. The first-order valence-corrected chi connectivity index (χ1v) is 7.92. The maximum Gasteiger partial charge on any atom is 0.334 e. The summed E-state index contributed by atoms with van der Waals surface area (Å²) in [4.78, 5) is 12.1. The quantitative estimate of drug-likeness (QED) is 0.527. The topological polar surface area (TPSA) is 44.8 Å². The molecule has 1 atom stereocenters. The second-order valence-electron chi connectivity index (χ2n) is 5.84. The predicted octanol–water partition coefficient (Wildman–Crippen LogP) is 4.31. The zero-order valence-corrected chi connectivity index (χ0v) is 14.6. The molecule has 0 aliphatic carbocycles. The SMILES string of the molecule is C=CCCC1=CC(c2c(OC)ccc(OC)c2CC(=C)C)OC1=O. The van der Waals surface area contributed by atoms with Gasteiger partial charge in [-0.2, -0.15) is 0 Å². The van der Waals surface area contributed by atoms with Crippen LogP contribution in [0.4, 0.5) is 0 Å². The Morgan fingerprint density at radius 3 is 2.54 bits per heavy atom. The number of cyclic esters (lactones) is 1. The van der Waals surface area contributed by atoms with Gasteiger partial charge in [-0.1, -0.05) is 18.2 Å². The Morgan fingerprint density at radius 2 is 1.96 bits per heavy atom. The molecule has 0 bridgehead atoms. The molecule has 0 aromatic heterocycles. The predicted molar refractivity (Wildman–Crippen MR) is 94.4 cm³/mol. The third-order valence-corrected chi connectivity index (χ3v) is 3.94. The van der Waals surface area contributed by atoms with Crippen LogP contribution in [-0.2, 0) is 16.0 Å². The highest BCUT2D eigenvalue weighted by atomic mass is 16.5. The summed E-state index contributed by atoms with van der Waals surface area (Å²) >= 11 is 0. The maximum absolute atomic E-state index is 12.1. The highest BCUT2D eigenvalue weighted by molar-refractivity contribution is 5.91. The Morgan fingerprint density at radius 1 is 1.29 bits per heavy atom. The monoisotopic (exact) mass is 328 g/mol. The number of carbonyl (C=O) groups excluding carboxylic acids is 1. The van der Waals surface area contributed by atoms with E-state index in [0.717, 1.165) is 28.9 Å². The number of allylic oxidation sites excluding steroid dienone is 2. The van der Waals surface area contributed by atoms with Gasteiger partial charge in [-0.25, -0.2) is 4.79 Å². The van der Waals surface area contributed by atoms with E-state index in [0.29, 0.717) is 24.2 Å². The summed E-state index contributed by atoms with van der Waals surface area (Å²) in [7, 11) is 3.23. The second-order valence-corrected chi connectivity index (χ2v) is 5.84. The lowest BCUT2D eigenvalue weighted by atomic mass is 9.94. The van der Waals surface area contributed by atoms with Crippen LogP contribution in [0.25, 0.3) is 0 Å². The molecular weight excluding hydrogens is 304 g/mol. The molecule has 0 saturated carbocycles. The van der Waals surface area contributed by atoms with Crippen LogP contribution in [0.2, 0.25) is 0 Å². The molecule has 0 amide bonds. The summed E-state index contributed by atoms with van der Waals surface area (Å²) in [5.74, 6) is 1.12. The van der Waals surface area contributed by atoms with Crippen molar-refractivity contribution < 1.29 is 19.0 Å². The van der Waals surface area contributed by atoms with Crippen molar-refractivity contribution in [3.05, 3.63) is 59.7 Å². The molecule has 1 aliphatic heterocycles. The highest BCUT2D eigenvalue weighted by Crippen LogP contribution is 2.41. The van der Waals surface area contributed by atoms with Crippen LogP contribution in [0.3, 0.4) is 0 Å². The van der Waals surface area contributed by atoms with Gasteiger partial charge in [-0.05, 0) is 44.4 Å². The van der Waals surface area contributed by atoms with E-state index in [-0.39, 0.29) is 5.97 Å². The molecule has 2 rings (SSSR count). The van der Waals surface area contributed by atoms with Crippen molar-refractivity contribution in [1.29, 1.82) is 0 Å². The van der Waals surface area contributed by atoms with Crippen LogP contribution in [0.15, 0.2) is 48.6 Å². The average molecular weight is 328 g/mol. The number of hydrogen-bond acceptors (Lipinski definition) is 4. The van der Waals surface area contributed by atoms with Gasteiger partial charge in [0, 0.05) is 16.7 Å². The summed E-state index contributed by atoms with van der Waals surface area (Å²) < 4.78 is 16.6. The van der Waals surface area contributed by atoms with Gasteiger partial charge in [0.15, 0.2) is 6.10 Å². The fourth-order valence-corrected chi connectivity index (χ4v) is 2.85. The van der Waals surface area contributed by atoms with E-state index < -0.39 is 6.10 Å². The van der Waals surface area contributed by atoms with Crippen LogP contribution in [0.1, 0.15) is 37.0 Å². The minimum Gasteiger partial charge on any atom is -0.496 e. The number of ether oxygens (including phenoxy) is 3. The van der Waals surface area contributed by atoms with Crippen molar-refractivity contribution in [2.24, 2.45) is 0 Å². The number of methoxy groups -OCH3 is 2. The zero-order chi connectivity index (χ0) is 17.7. The van der Waals surface area contributed by atoms with Gasteiger partial charge in [0.2, 0.25) is 0 Å². The second kappa shape index (κ2) is 7.86. The van der Waals surface area contributed by atoms with Crippen molar-refractivity contribution in [3.63, 3.8) is 0 Å². The van der Waals surface area contributed by atoms with Crippen molar-refractivity contribution in [2.45, 2.75) is 32.3 Å². The minimum atomic E-state index is -0.475. The summed E-state index contributed by atoms with van der Waals surface area (Å²) in [5, 5.41) is 0. The lowest BCUT2D eigenvalue weighted by molar-refractivity contribution is -0.140. The van der Waals surface area contributed by atoms with E-state index in [2.05, 4.69) is 13.2 Å². The molecule has 1 aromatic carbocycles. The first-order chi connectivity index (χ1) is 11.5. The van der Waals surface area contributed by atoms with E-state index in [1.165, 1.54) is 0 Å². The van der Waals surface area contributed by atoms with Gasteiger partial charge in [0.25, 0.3) is 0 Å². The first-order valence-electron chi connectivity index (χ1n) is 7.92. The van der Waals surface area contributed by atoms with Crippen LogP contribution in [-0.4, -0.2) is 20.2 Å². The Labute approximate surface area is 143 Å². The molecule has 1 heterocycles. The normalized spacial score (nSPS) is 16.4. The number of rotatable bonds is 8. The van der Waals surface area contributed by atoms with Crippen LogP contribution < -0.4 is 9.47 Å². The number of esters is 1. The molecule has 24 heavy (non-hydrogen) atoms. The third kappa shape index (κ3) is 3.70. The number of carbonyl (C=O) groups is 1. The van der Waals surface area contributed by atoms with Crippen molar-refractivity contribution >= 4 is 5.97 Å². The molecule has 1 aliphatic rings. The molecule has 0 saturated heterocycles. The average Bonchev–Trinajstić information content (AvgIpc) is 2.92. The highest BCUT2D eigenvalue weighted by Gasteiger charge is 2.31. The summed E-state index contributed by atoms with van der Waals surface area (Å²) in [6, 6.07) is 3.69. The van der Waals surface area contributed by atoms with Gasteiger partial charge < -0.3 is 14.2 Å². The van der Waals surface area contributed by atoms with Crippen LogP contribution >= 0.6 is 0 Å². The van der Waals surface area contributed by atoms with E-state index in [1.54, 1.807) is 20.3 Å². The molecule has 128 valence electrons. The lowest BCUT2D eigenvalue weighted by Gasteiger charge is -2.20. The van der Waals surface area contributed by atoms with Crippen molar-refractivity contribution in [1.82, 2.24) is 0 Å². The summed E-state index contributed by atoms with van der Waals surface area (Å²) in [6.07, 6.45) is 5.17. The molecule has 1 aromatic rings. The van der Waals surface area contributed by atoms with E-state index >= 15 is 0 Å². The molecule has 0 radical (unpaired) electrons. The Kier molecular flexibility index (Phi) is 5.85. The molecule has 1 unspecified atom stereocenters. The number of hydrogen-bond donors (Lipinski definition) is 0. The summed E-state index contributed by atoms with van der Waals surface area (Å²) in [5.41, 5.74) is 3.42. The van der Waals surface area contributed by atoms with Gasteiger partial charge in [0.1, 0.15) is 11.5 Å².